The number of halogens is 1. The van der Waals surface area contributed by atoms with Gasteiger partial charge in [-0.1, -0.05) is 0 Å². The maximum atomic E-state index is 13.6. The number of hydrogen-bond donors (Lipinski definition) is 0. The van der Waals surface area contributed by atoms with Crippen molar-refractivity contribution in [1.29, 1.82) is 10.5 Å². The van der Waals surface area contributed by atoms with Crippen molar-refractivity contribution < 1.29 is 4.39 Å². The second-order valence-electron chi connectivity index (χ2n) is 3.11. The molecule has 0 amide bonds. The van der Waals surface area contributed by atoms with Crippen molar-refractivity contribution in [1.82, 2.24) is 0 Å². The zero-order valence-electron chi connectivity index (χ0n) is 8.07. The predicted octanol–water partition coefficient (Wildman–Crippen LogP) is 3.47. The van der Waals surface area contributed by atoms with Gasteiger partial charge in [0, 0.05) is 10.3 Å². The Kier molecular flexibility index (Phi) is 2.68. The van der Waals surface area contributed by atoms with Crippen LogP contribution in [0, 0.1) is 28.5 Å². The fourth-order valence-corrected chi connectivity index (χ4v) is 2.17. The van der Waals surface area contributed by atoms with E-state index in [1.165, 1.54) is 23.5 Å². The Balaban J connectivity index is 2.62. The summed E-state index contributed by atoms with van der Waals surface area (Å²) in [5.74, 6) is -0.422. The van der Waals surface area contributed by atoms with Gasteiger partial charge in [0.05, 0.1) is 0 Å². The Morgan fingerprint density at radius 1 is 1.31 bits per heavy atom. The van der Waals surface area contributed by atoms with E-state index in [1.807, 2.05) is 11.4 Å². The first-order valence-electron chi connectivity index (χ1n) is 4.43. The molecular formula is C12H5FN2S. The number of benzene rings is 1. The smallest absolute Gasteiger partial charge is 0.131 e. The summed E-state index contributed by atoms with van der Waals surface area (Å²) in [5, 5.41) is 19.9. The van der Waals surface area contributed by atoms with Crippen molar-refractivity contribution in [2.45, 2.75) is 0 Å². The Morgan fingerprint density at radius 2 is 2.06 bits per heavy atom. The molecule has 1 aromatic heterocycles. The standard InChI is InChI=1S/C12H5FN2S/c13-11-4-9-1-2-16-12(9)5-10(11)3-8(6-14)7-15/h1-5H. The number of rotatable bonds is 1. The molecule has 0 N–H and O–H groups in total. The highest BCUT2D eigenvalue weighted by Crippen LogP contribution is 2.25. The fourth-order valence-electron chi connectivity index (χ4n) is 1.35. The lowest BCUT2D eigenvalue weighted by Crippen LogP contribution is -1.83. The summed E-state index contributed by atoms with van der Waals surface area (Å²) in [5.41, 5.74) is 0.169. The summed E-state index contributed by atoms with van der Waals surface area (Å²) < 4.78 is 14.5. The molecule has 0 fully saturated rings. The third-order valence-corrected chi connectivity index (χ3v) is 2.99. The third kappa shape index (κ3) is 1.79. The molecule has 0 saturated carbocycles. The van der Waals surface area contributed by atoms with Gasteiger partial charge in [0.15, 0.2) is 0 Å². The van der Waals surface area contributed by atoms with Crippen molar-refractivity contribution in [3.05, 3.63) is 40.5 Å². The molecule has 16 heavy (non-hydrogen) atoms. The summed E-state index contributed by atoms with van der Waals surface area (Å²) >= 11 is 1.49. The van der Waals surface area contributed by atoms with Crippen molar-refractivity contribution in [2.24, 2.45) is 0 Å². The number of fused-ring (bicyclic) bond motifs is 1. The first kappa shape index (κ1) is 10.4. The van der Waals surface area contributed by atoms with Gasteiger partial charge in [-0.3, -0.25) is 0 Å². The highest BCUT2D eigenvalue weighted by Gasteiger charge is 2.04. The maximum Gasteiger partial charge on any atom is 0.131 e. The number of allylic oxidation sites excluding steroid dienone is 1. The van der Waals surface area contributed by atoms with Gasteiger partial charge >= 0.3 is 0 Å². The average Bonchev–Trinajstić information content (AvgIpc) is 2.72. The SMILES string of the molecule is N#CC(C#N)=Cc1cc2sccc2cc1F. The molecule has 0 aliphatic rings. The van der Waals surface area contributed by atoms with E-state index in [9.17, 15) is 4.39 Å². The quantitative estimate of drug-likeness (QED) is 0.701. The van der Waals surface area contributed by atoms with Gasteiger partial charge in [0.1, 0.15) is 23.5 Å². The van der Waals surface area contributed by atoms with E-state index in [0.717, 1.165) is 10.1 Å². The van der Waals surface area contributed by atoms with Crippen LogP contribution >= 0.6 is 11.3 Å². The molecule has 2 rings (SSSR count). The van der Waals surface area contributed by atoms with E-state index >= 15 is 0 Å². The second-order valence-corrected chi connectivity index (χ2v) is 4.06. The zero-order chi connectivity index (χ0) is 11.5. The van der Waals surface area contributed by atoms with Gasteiger partial charge in [0.2, 0.25) is 0 Å². The minimum Gasteiger partial charge on any atom is -0.206 e. The van der Waals surface area contributed by atoms with Gasteiger partial charge in [-0.15, -0.1) is 11.3 Å². The maximum absolute atomic E-state index is 13.6. The molecule has 0 unspecified atom stereocenters. The molecule has 0 atom stereocenters. The van der Waals surface area contributed by atoms with Crippen molar-refractivity contribution >= 4 is 27.5 Å². The molecule has 1 aromatic carbocycles. The molecule has 0 aliphatic carbocycles. The van der Waals surface area contributed by atoms with E-state index in [4.69, 9.17) is 10.5 Å². The molecule has 4 heteroatoms. The molecule has 76 valence electrons. The highest BCUT2D eigenvalue weighted by atomic mass is 32.1. The molecule has 0 saturated heterocycles. The van der Waals surface area contributed by atoms with E-state index < -0.39 is 5.82 Å². The summed E-state index contributed by atoms with van der Waals surface area (Å²) in [7, 11) is 0. The van der Waals surface area contributed by atoms with E-state index in [-0.39, 0.29) is 11.1 Å². The average molecular weight is 228 g/mol. The second kappa shape index (κ2) is 4.14. The third-order valence-electron chi connectivity index (χ3n) is 2.11. The molecule has 0 spiro atoms. The van der Waals surface area contributed by atoms with Crippen LogP contribution in [0.3, 0.4) is 0 Å². The largest absolute Gasteiger partial charge is 0.206 e. The van der Waals surface area contributed by atoms with Crippen LogP contribution in [0.2, 0.25) is 0 Å². The summed E-state index contributed by atoms with van der Waals surface area (Å²) in [6, 6.07) is 8.29. The van der Waals surface area contributed by atoms with Crippen LogP contribution < -0.4 is 0 Å². The van der Waals surface area contributed by atoms with Crippen LogP contribution in [0.1, 0.15) is 5.56 Å². The van der Waals surface area contributed by atoms with Gasteiger partial charge in [-0.05, 0) is 35.0 Å². The number of thiophene rings is 1. The van der Waals surface area contributed by atoms with Crippen LogP contribution in [0.25, 0.3) is 16.2 Å². The van der Waals surface area contributed by atoms with Crippen LogP contribution in [0.15, 0.2) is 29.2 Å². The lowest BCUT2D eigenvalue weighted by Gasteiger charge is -1.97. The molecule has 1 heterocycles. The fraction of sp³-hybridized carbons (Fsp3) is 0. The van der Waals surface area contributed by atoms with Crippen LogP contribution in [0.4, 0.5) is 4.39 Å². The topological polar surface area (TPSA) is 47.6 Å². The minimum atomic E-state index is -0.422. The summed E-state index contributed by atoms with van der Waals surface area (Å²) in [6.45, 7) is 0. The van der Waals surface area contributed by atoms with E-state index in [0.29, 0.717) is 0 Å². The van der Waals surface area contributed by atoms with Gasteiger partial charge < -0.3 is 0 Å². The van der Waals surface area contributed by atoms with Crippen LogP contribution in [-0.4, -0.2) is 0 Å². The van der Waals surface area contributed by atoms with Gasteiger partial charge in [-0.25, -0.2) is 4.39 Å². The molecule has 0 bridgehead atoms. The van der Waals surface area contributed by atoms with Gasteiger partial charge in [0.25, 0.3) is 0 Å². The van der Waals surface area contributed by atoms with Crippen LogP contribution in [-0.2, 0) is 0 Å². The molecule has 2 aromatic rings. The first-order chi connectivity index (χ1) is 7.74. The minimum absolute atomic E-state index is 0.102. The predicted molar refractivity (Wildman–Crippen MR) is 61.0 cm³/mol. The highest BCUT2D eigenvalue weighted by molar-refractivity contribution is 7.17. The van der Waals surface area contributed by atoms with Crippen LogP contribution in [0.5, 0.6) is 0 Å². The Labute approximate surface area is 95.5 Å². The Hall–Kier alpha value is -2.17. The molecule has 0 aliphatic heterocycles. The lowest BCUT2D eigenvalue weighted by molar-refractivity contribution is 0.627. The summed E-state index contributed by atoms with van der Waals surface area (Å²) in [6.07, 6.45) is 1.26. The zero-order valence-corrected chi connectivity index (χ0v) is 8.88. The number of nitriles is 2. The van der Waals surface area contributed by atoms with Crippen molar-refractivity contribution in [2.75, 3.05) is 0 Å². The van der Waals surface area contributed by atoms with E-state index in [1.54, 1.807) is 18.2 Å². The monoisotopic (exact) mass is 228 g/mol. The summed E-state index contributed by atoms with van der Waals surface area (Å²) in [4.78, 5) is 0. The first-order valence-corrected chi connectivity index (χ1v) is 5.31. The molecule has 0 radical (unpaired) electrons. The molecule has 2 nitrogen and oxygen atoms in total. The van der Waals surface area contributed by atoms with E-state index in [2.05, 4.69) is 0 Å². The lowest BCUT2D eigenvalue weighted by atomic mass is 10.1. The molecular weight excluding hydrogens is 223 g/mol. The van der Waals surface area contributed by atoms with Crippen molar-refractivity contribution in [3.63, 3.8) is 0 Å². The Bertz CT molecular complexity index is 640. The number of nitrogens with zero attached hydrogens (tertiary/aromatic N) is 2. The normalized spacial score (nSPS) is 9.44. The van der Waals surface area contributed by atoms with Crippen molar-refractivity contribution in [3.8, 4) is 12.1 Å². The Morgan fingerprint density at radius 3 is 2.75 bits per heavy atom. The number of hydrogen-bond acceptors (Lipinski definition) is 3. The van der Waals surface area contributed by atoms with Gasteiger partial charge in [-0.2, -0.15) is 10.5 Å².